The van der Waals surface area contributed by atoms with Gasteiger partial charge in [0.15, 0.2) is 0 Å². The molecule has 0 saturated carbocycles. The maximum Gasteiger partial charge on any atom is 0.127 e. The zero-order valence-corrected chi connectivity index (χ0v) is 8.80. The predicted molar refractivity (Wildman–Crippen MR) is 56.4 cm³/mol. The Hall–Kier alpha value is -0.603. The Labute approximate surface area is 76.6 Å². The predicted octanol–water partition coefficient (Wildman–Crippen LogP) is 2.27. The van der Waals surface area contributed by atoms with Gasteiger partial charge < -0.3 is 4.98 Å². The van der Waals surface area contributed by atoms with Crippen LogP contribution in [0.4, 0.5) is 0 Å². The lowest BCUT2D eigenvalue weighted by atomic mass is 10.1. The zero-order valence-electron chi connectivity index (χ0n) is 7.80. The molecular weight excluding hydrogens is 162 g/mol. The lowest BCUT2D eigenvalue weighted by Crippen LogP contribution is -2.37. The second kappa shape index (κ2) is 4.43. The summed E-state index contributed by atoms with van der Waals surface area (Å²) >= 11 is 0. The third-order valence-corrected chi connectivity index (χ3v) is 2.77. The first-order valence-corrected chi connectivity index (χ1v) is 6.79. The third kappa shape index (κ3) is 2.46. The summed E-state index contributed by atoms with van der Waals surface area (Å²) in [5.41, 5.74) is 1.44. The van der Waals surface area contributed by atoms with Crippen molar-refractivity contribution in [2.45, 2.75) is 25.6 Å². The first-order chi connectivity index (χ1) is 5.74. The second-order valence-corrected chi connectivity index (χ2v) is 5.52. The molecule has 0 heterocycles. The molecule has 0 spiro atoms. The molecule has 12 heavy (non-hydrogen) atoms. The van der Waals surface area contributed by atoms with Gasteiger partial charge in [-0.05, 0) is 12.0 Å². The van der Waals surface area contributed by atoms with Gasteiger partial charge in [0.2, 0.25) is 0 Å². The largest absolute Gasteiger partial charge is 0.329 e. The molecule has 1 rings (SSSR count). The summed E-state index contributed by atoms with van der Waals surface area (Å²) in [6.45, 7) is 8.35. The Balaban J connectivity index is 2.51. The zero-order chi connectivity index (χ0) is 8.97. The average molecular weight is 178 g/mol. The van der Waals surface area contributed by atoms with E-state index >= 15 is 0 Å². The number of allylic oxidation sites excluding steroid dienone is 3. The van der Waals surface area contributed by atoms with E-state index in [0.717, 1.165) is 6.42 Å². The van der Waals surface area contributed by atoms with Crippen molar-refractivity contribution in [2.75, 3.05) is 0 Å². The second-order valence-electron chi connectivity index (χ2n) is 3.23. The van der Waals surface area contributed by atoms with Crippen LogP contribution in [0.15, 0.2) is 36.5 Å². The molecule has 0 bridgehead atoms. The molecule has 0 aromatic carbocycles. The Bertz CT molecular complexity index is 216. The fourth-order valence-electron chi connectivity index (χ4n) is 1.31. The molecule has 1 radical (unpaired) electrons. The highest BCUT2D eigenvalue weighted by atomic mass is 28.3. The third-order valence-electron chi connectivity index (χ3n) is 1.88. The monoisotopic (exact) mass is 178 g/mol. The maximum atomic E-state index is 3.84. The van der Waals surface area contributed by atoms with Gasteiger partial charge in [0, 0.05) is 6.04 Å². The molecular formula is C10H16NSi. The average Bonchev–Trinajstić information content (AvgIpc) is 2.51. The van der Waals surface area contributed by atoms with E-state index in [4.69, 9.17) is 0 Å². The van der Waals surface area contributed by atoms with Crippen LogP contribution < -0.4 is 4.98 Å². The minimum atomic E-state index is -0.372. The number of nitrogens with one attached hydrogen (secondary N) is 1. The quantitative estimate of drug-likeness (QED) is 0.514. The molecule has 1 aliphatic rings. The summed E-state index contributed by atoms with van der Waals surface area (Å²) in [5.74, 6) is 0. The van der Waals surface area contributed by atoms with Gasteiger partial charge >= 0.3 is 0 Å². The molecule has 0 amide bonds. The fraction of sp³-hybridized carbons (Fsp3) is 0.400. The molecule has 0 aromatic heterocycles. The van der Waals surface area contributed by atoms with Gasteiger partial charge in [0.05, 0.1) is 0 Å². The van der Waals surface area contributed by atoms with Gasteiger partial charge in [0.1, 0.15) is 8.96 Å². The molecule has 2 heteroatoms. The van der Waals surface area contributed by atoms with Crippen LogP contribution in [0.25, 0.3) is 0 Å². The van der Waals surface area contributed by atoms with Crippen LogP contribution in [-0.4, -0.2) is 15.0 Å². The standard InChI is InChI=1S/C10H16NSi/c1-4-10(11-12(2)3)9-7-5-6-8-9/h4-7,10-11H,1,8H2,2-3H3. The van der Waals surface area contributed by atoms with Crippen LogP contribution in [0.1, 0.15) is 6.42 Å². The smallest absolute Gasteiger partial charge is 0.127 e. The van der Waals surface area contributed by atoms with Crippen molar-refractivity contribution in [1.29, 1.82) is 0 Å². The molecule has 1 N–H and O–H groups in total. The van der Waals surface area contributed by atoms with Gasteiger partial charge in [-0.3, -0.25) is 0 Å². The van der Waals surface area contributed by atoms with Crippen LogP contribution in [0, 0.1) is 0 Å². The van der Waals surface area contributed by atoms with Crippen molar-refractivity contribution in [3.63, 3.8) is 0 Å². The lowest BCUT2D eigenvalue weighted by Gasteiger charge is -2.17. The molecule has 0 saturated heterocycles. The van der Waals surface area contributed by atoms with E-state index in [-0.39, 0.29) is 8.96 Å². The number of hydrogen-bond donors (Lipinski definition) is 1. The van der Waals surface area contributed by atoms with Gasteiger partial charge in [-0.1, -0.05) is 37.4 Å². The van der Waals surface area contributed by atoms with Crippen LogP contribution in [-0.2, 0) is 0 Å². The molecule has 1 aliphatic carbocycles. The Morgan fingerprint density at radius 3 is 2.83 bits per heavy atom. The van der Waals surface area contributed by atoms with Crippen LogP contribution >= 0.6 is 0 Å². The van der Waals surface area contributed by atoms with Crippen molar-refractivity contribution in [3.8, 4) is 0 Å². The van der Waals surface area contributed by atoms with E-state index in [1.54, 1.807) is 0 Å². The fourth-order valence-corrected chi connectivity index (χ4v) is 2.23. The lowest BCUT2D eigenvalue weighted by molar-refractivity contribution is 0.830. The van der Waals surface area contributed by atoms with Gasteiger partial charge in [-0.2, -0.15) is 0 Å². The molecule has 0 aromatic rings. The van der Waals surface area contributed by atoms with Crippen molar-refractivity contribution < 1.29 is 0 Å². The van der Waals surface area contributed by atoms with Gasteiger partial charge in [-0.25, -0.2) is 0 Å². The Kier molecular flexibility index (Phi) is 3.50. The molecule has 1 nitrogen and oxygen atoms in total. The highest BCUT2D eigenvalue weighted by Gasteiger charge is 2.11. The molecule has 0 fully saturated rings. The molecule has 1 unspecified atom stereocenters. The summed E-state index contributed by atoms with van der Waals surface area (Å²) in [7, 11) is -0.372. The minimum absolute atomic E-state index is 0.372. The van der Waals surface area contributed by atoms with E-state index in [0.29, 0.717) is 6.04 Å². The topological polar surface area (TPSA) is 12.0 Å². The molecule has 65 valence electrons. The Morgan fingerprint density at radius 2 is 2.42 bits per heavy atom. The first kappa shape index (κ1) is 9.48. The minimum Gasteiger partial charge on any atom is -0.329 e. The summed E-state index contributed by atoms with van der Waals surface area (Å²) in [6, 6.07) is 0.392. The van der Waals surface area contributed by atoms with E-state index in [1.807, 2.05) is 6.08 Å². The first-order valence-electron chi connectivity index (χ1n) is 4.29. The van der Waals surface area contributed by atoms with Crippen molar-refractivity contribution in [3.05, 3.63) is 36.5 Å². The van der Waals surface area contributed by atoms with Crippen molar-refractivity contribution in [2.24, 2.45) is 0 Å². The normalized spacial score (nSPS) is 18.1. The van der Waals surface area contributed by atoms with Crippen LogP contribution in [0.5, 0.6) is 0 Å². The Morgan fingerprint density at radius 1 is 1.67 bits per heavy atom. The van der Waals surface area contributed by atoms with Gasteiger partial charge in [-0.15, -0.1) is 6.58 Å². The summed E-state index contributed by atoms with van der Waals surface area (Å²) in [6.07, 6.45) is 9.57. The molecule has 0 aliphatic heterocycles. The summed E-state index contributed by atoms with van der Waals surface area (Å²) in [4.78, 5) is 3.55. The SMILES string of the molecule is C=CC(N[Si](C)C)C1=CC=CC1. The van der Waals surface area contributed by atoms with E-state index in [2.05, 4.69) is 42.9 Å². The highest BCUT2D eigenvalue weighted by Crippen LogP contribution is 2.15. The summed E-state index contributed by atoms with van der Waals surface area (Å²) < 4.78 is 0. The van der Waals surface area contributed by atoms with Crippen molar-refractivity contribution >= 4 is 8.96 Å². The van der Waals surface area contributed by atoms with Gasteiger partial charge in [0.25, 0.3) is 0 Å². The van der Waals surface area contributed by atoms with E-state index < -0.39 is 0 Å². The molecule has 1 atom stereocenters. The van der Waals surface area contributed by atoms with E-state index in [1.165, 1.54) is 5.57 Å². The van der Waals surface area contributed by atoms with Crippen LogP contribution in [0.2, 0.25) is 13.1 Å². The highest BCUT2D eigenvalue weighted by molar-refractivity contribution is 6.53. The van der Waals surface area contributed by atoms with E-state index in [9.17, 15) is 0 Å². The van der Waals surface area contributed by atoms with Crippen molar-refractivity contribution in [1.82, 2.24) is 4.98 Å². The summed E-state index contributed by atoms with van der Waals surface area (Å²) in [5, 5.41) is 0. The number of rotatable bonds is 4. The van der Waals surface area contributed by atoms with Crippen LogP contribution in [0.3, 0.4) is 0 Å². The number of hydrogen-bond acceptors (Lipinski definition) is 1. The maximum absolute atomic E-state index is 3.84.